The summed E-state index contributed by atoms with van der Waals surface area (Å²) in [6.07, 6.45) is 0.342. The highest BCUT2D eigenvalue weighted by molar-refractivity contribution is 5.84. The standard InChI is InChI=1S/C20H19FN4O4/c1-13(29-15-8-6-14(21)7-9-15)20(28)24-23-19(27)10-11-25-17-5-3-2-4-16(17)18(26)12-22-25/h2-9,12-13H,10-11H2,1H3,(H,23,27)(H,24,28). The summed E-state index contributed by atoms with van der Waals surface area (Å²) in [5.41, 5.74) is 5.02. The van der Waals surface area contributed by atoms with Gasteiger partial charge >= 0.3 is 0 Å². The normalized spacial score (nSPS) is 11.7. The average molecular weight is 398 g/mol. The second-order valence-corrected chi connectivity index (χ2v) is 6.25. The molecule has 0 bridgehead atoms. The zero-order valence-corrected chi connectivity index (χ0v) is 15.6. The van der Waals surface area contributed by atoms with Crippen LogP contribution < -0.4 is 21.0 Å². The summed E-state index contributed by atoms with van der Waals surface area (Å²) < 4.78 is 19.8. The number of ether oxygens (including phenoxy) is 1. The highest BCUT2D eigenvalue weighted by Crippen LogP contribution is 2.13. The van der Waals surface area contributed by atoms with Gasteiger partial charge in [-0.05, 0) is 43.3 Å². The molecule has 0 aliphatic carbocycles. The third kappa shape index (κ3) is 5.16. The fraction of sp³-hybridized carbons (Fsp3) is 0.200. The van der Waals surface area contributed by atoms with E-state index in [1.165, 1.54) is 37.4 Å². The van der Waals surface area contributed by atoms with E-state index in [0.717, 1.165) is 0 Å². The molecular formula is C20H19FN4O4. The Morgan fingerprint density at radius 2 is 1.86 bits per heavy atom. The minimum atomic E-state index is -0.898. The topological polar surface area (TPSA) is 102 Å². The Kier molecular flexibility index (Phi) is 6.18. The monoisotopic (exact) mass is 398 g/mol. The molecule has 150 valence electrons. The Labute approximate surface area is 165 Å². The van der Waals surface area contributed by atoms with Crippen molar-refractivity contribution in [2.75, 3.05) is 0 Å². The summed E-state index contributed by atoms with van der Waals surface area (Å²) in [5.74, 6) is -1.07. The summed E-state index contributed by atoms with van der Waals surface area (Å²) in [5, 5.41) is 4.56. The Morgan fingerprint density at radius 1 is 1.14 bits per heavy atom. The molecule has 0 radical (unpaired) electrons. The van der Waals surface area contributed by atoms with Crippen LogP contribution in [0, 0.1) is 5.82 Å². The fourth-order valence-electron chi connectivity index (χ4n) is 2.61. The van der Waals surface area contributed by atoms with Crippen LogP contribution in [-0.2, 0) is 16.1 Å². The van der Waals surface area contributed by atoms with Crippen molar-refractivity contribution in [2.24, 2.45) is 0 Å². The summed E-state index contributed by atoms with van der Waals surface area (Å²) >= 11 is 0. The number of halogens is 1. The van der Waals surface area contributed by atoms with Crippen molar-refractivity contribution < 1.29 is 18.7 Å². The fourth-order valence-corrected chi connectivity index (χ4v) is 2.61. The van der Waals surface area contributed by atoms with Crippen molar-refractivity contribution >= 4 is 22.7 Å². The van der Waals surface area contributed by atoms with Gasteiger partial charge in [-0.1, -0.05) is 12.1 Å². The molecule has 2 amide bonds. The molecule has 8 nitrogen and oxygen atoms in total. The third-order valence-electron chi connectivity index (χ3n) is 4.13. The van der Waals surface area contributed by atoms with Crippen molar-refractivity contribution in [3.63, 3.8) is 0 Å². The maximum Gasteiger partial charge on any atom is 0.279 e. The Hall–Kier alpha value is -3.75. The SMILES string of the molecule is CC(Oc1ccc(F)cc1)C(=O)NNC(=O)CCn1ncc(=O)c2ccccc21. The van der Waals surface area contributed by atoms with Gasteiger partial charge in [-0.3, -0.25) is 29.9 Å². The van der Waals surface area contributed by atoms with E-state index < -0.39 is 23.7 Å². The minimum Gasteiger partial charge on any atom is -0.481 e. The van der Waals surface area contributed by atoms with Gasteiger partial charge in [0.1, 0.15) is 11.6 Å². The largest absolute Gasteiger partial charge is 0.481 e. The number of benzene rings is 2. The van der Waals surface area contributed by atoms with Crippen LogP contribution in [0.15, 0.2) is 59.5 Å². The zero-order valence-electron chi connectivity index (χ0n) is 15.6. The van der Waals surface area contributed by atoms with Gasteiger partial charge in [0.25, 0.3) is 5.91 Å². The lowest BCUT2D eigenvalue weighted by Crippen LogP contribution is -2.47. The predicted molar refractivity (Wildman–Crippen MR) is 103 cm³/mol. The first-order chi connectivity index (χ1) is 13.9. The molecule has 0 fully saturated rings. The van der Waals surface area contributed by atoms with Crippen molar-refractivity contribution in [2.45, 2.75) is 26.0 Å². The molecule has 1 aromatic heterocycles. The number of hydrogen-bond donors (Lipinski definition) is 2. The lowest BCUT2D eigenvalue weighted by molar-refractivity contribution is -0.132. The first kappa shape index (κ1) is 20.0. The highest BCUT2D eigenvalue weighted by Gasteiger charge is 2.15. The second-order valence-electron chi connectivity index (χ2n) is 6.25. The van der Waals surface area contributed by atoms with E-state index in [2.05, 4.69) is 16.0 Å². The first-order valence-electron chi connectivity index (χ1n) is 8.90. The van der Waals surface area contributed by atoms with Gasteiger partial charge in [-0.2, -0.15) is 5.10 Å². The van der Waals surface area contributed by atoms with E-state index in [1.807, 2.05) is 0 Å². The summed E-state index contributed by atoms with van der Waals surface area (Å²) in [6.45, 7) is 1.73. The summed E-state index contributed by atoms with van der Waals surface area (Å²) in [6, 6.07) is 12.2. The van der Waals surface area contributed by atoms with Crippen LogP contribution in [0.5, 0.6) is 5.75 Å². The number of amides is 2. The number of para-hydroxylation sites is 1. The van der Waals surface area contributed by atoms with Crippen LogP contribution >= 0.6 is 0 Å². The molecule has 3 rings (SSSR count). The summed E-state index contributed by atoms with van der Waals surface area (Å²) in [7, 11) is 0. The van der Waals surface area contributed by atoms with Crippen molar-refractivity contribution in [3.8, 4) is 5.75 Å². The van der Waals surface area contributed by atoms with Gasteiger partial charge in [0.15, 0.2) is 6.10 Å². The molecule has 2 aromatic carbocycles. The number of carbonyl (C=O) groups excluding carboxylic acids is 2. The van der Waals surface area contributed by atoms with E-state index >= 15 is 0 Å². The van der Waals surface area contributed by atoms with E-state index in [4.69, 9.17) is 4.74 Å². The van der Waals surface area contributed by atoms with Gasteiger partial charge in [-0.15, -0.1) is 0 Å². The van der Waals surface area contributed by atoms with Gasteiger partial charge in [0.2, 0.25) is 11.3 Å². The van der Waals surface area contributed by atoms with Crippen molar-refractivity contribution in [3.05, 3.63) is 70.8 Å². The van der Waals surface area contributed by atoms with Crippen molar-refractivity contribution in [1.82, 2.24) is 20.6 Å². The van der Waals surface area contributed by atoms with Gasteiger partial charge in [0.05, 0.1) is 18.3 Å². The summed E-state index contributed by atoms with van der Waals surface area (Å²) in [4.78, 5) is 35.9. The molecule has 0 aliphatic rings. The highest BCUT2D eigenvalue weighted by atomic mass is 19.1. The second kappa shape index (κ2) is 8.96. The molecule has 0 saturated carbocycles. The molecule has 1 heterocycles. The van der Waals surface area contributed by atoms with Crippen LogP contribution in [0.2, 0.25) is 0 Å². The predicted octanol–water partition coefficient (Wildman–Crippen LogP) is 1.54. The molecule has 0 spiro atoms. The molecule has 1 unspecified atom stereocenters. The molecule has 1 atom stereocenters. The molecule has 9 heteroatoms. The molecule has 3 aromatic rings. The quantitative estimate of drug-likeness (QED) is 0.614. The number of fused-ring (bicyclic) bond motifs is 1. The van der Waals surface area contributed by atoms with Crippen LogP contribution in [0.25, 0.3) is 10.9 Å². The van der Waals surface area contributed by atoms with E-state index in [-0.39, 0.29) is 18.4 Å². The molecule has 0 aliphatic heterocycles. The van der Waals surface area contributed by atoms with E-state index in [1.54, 1.807) is 28.9 Å². The van der Waals surface area contributed by atoms with Crippen LogP contribution in [-0.4, -0.2) is 27.7 Å². The number of hydrogen-bond acceptors (Lipinski definition) is 5. The van der Waals surface area contributed by atoms with E-state index in [0.29, 0.717) is 16.7 Å². The minimum absolute atomic E-state index is 0.0351. The molecular weight excluding hydrogens is 379 g/mol. The number of aromatic nitrogens is 2. The number of carbonyl (C=O) groups is 2. The Balaban J connectivity index is 1.50. The Bertz CT molecular complexity index is 1080. The number of hydrazine groups is 1. The number of nitrogens with one attached hydrogen (secondary N) is 2. The average Bonchev–Trinajstić information content (AvgIpc) is 2.73. The first-order valence-corrected chi connectivity index (χ1v) is 8.90. The van der Waals surface area contributed by atoms with E-state index in [9.17, 15) is 18.8 Å². The molecule has 0 saturated heterocycles. The lowest BCUT2D eigenvalue weighted by Gasteiger charge is -2.15. The Morgan fingerprint density at radius 3 is 2.62 bits per heavy atom. The zero-order chi connectivity index (χ0) is 20.8. The number of aryl methyl sites for hydroxylation is 1. The van der Waals surface area contributed by atoms with Crippen LogP contribution in [0.4, 0.5) is 4.39 Å². The number of rotatable bonds is 6. The van der Waals surface area contributed by atoms with Crippen LogP contribution in [0.3, 0.4) is 0 Å². The lowest BCUT2D eigenvalue weighted by atomic mass is 10.2. The van der Waals surface area contributed by atoms with Crippen LogP contribution in [0.1, 0.15) is 13.3 Å². The molecule has 29 heavy (non-hydrogen) atoms. The smallest absolute Gasteiger partial charge is 0.279 e. The maximum atomic E-state index is 12.9. The molecule has 2 N–H and O–H groups in total. The maximum absolute atomic E-state index is 12.9. The van der Waals surface area contributed by atoms with Gasteiger partial charge < -0.3 is 4.74 Å². The van der Waals surface area contributed by atoms with Gasteiger partial charge in [0, 0.05) is 11.8 Å². The number of nitrogens with zero attached hydrogens (tertiary/aromatic N) is 2. The van der Waals surface area contributed by atoms with Crippen molar-refractivity contribution in [1.29, 1.82) is 0 Å². The third-order valence-corrected chi connectivity index (χ3v) is 4.13. The van der Waals surface area contributed by atoms with Gasteiger partial charge in [-0.25, -0.2) is 4.39 Å².